The van der Waals surface area contributed by atoms with Gasteiger partial charge >= 0.3 is 12.1 Å². The van der Waals surface area contributed by atoms with Crippen molar-refractivity contribution in [1.82, 2.24) is 15.0 Å². The summed E-state index contributed by atoms with van der Waals surface area (Å²) in [5.41, 5.74) is 5.56. The molecule has 0 unspecified atom stereocenters. The summed E-state index contributed by atoms with van der Waals surface area (Å²) in [6.07, 6.45) is 1.37. The number of amides is 1. The van der Waals surface area contributed by atoms with Crippen LogP contribution in [0, 0.1) is 11.6 Å². The number of pyridine rings is 2. The third-order valence-corrected chi connectivity index (χ3v) is 7.81. The molecular weight excluding hydrogens is 572 g/mol. The van der Waals surface area contributed by atoms with Gasteiger partial charge in [-0.15, -0.1) is 0 Å². The number of fused-ring (bicyclic) bond motifs is 1. The van der Waals surface area contributed by atoms with Crippen LogP contribution in [0.5, 0.6) is 0 Å². The van der Waals surface area contributed by atoms with Crippen molar-refractivity contribution >= 4 is 51.8 Å². The van der Waals surface area contributed by atoms with E-state index in [-0.39, 0.29) is 40.7 Å². The number of rotatable bonds is 7. The van der Waals surface area contributed by atoms with E-state index in [0.29, 0.717) is 43.2 Å². The van der Waals surface area contributed by atoms with Gasteiger partial charge in [0.05, 0.1) is 54.8 Å². The zero-order valence-electron chi connectivity index (χ0n) is 22.3. The van der Waals surface area contributed by atoms with E-state index in [1.807, 2.05) is 9.91 Å². The fourth-order valence-electron chi connectivity index (χ4n) is 5.58. The Hall–Kier alpha value is -4.53. The van der Waals surface area contributed by atoms with Gasteiger partial charge in [0.2, 0.25) is 5.43 Å². The highest BCUT2D eigenvalue weighted by molar-refractivity contribution is 7.80. The van der Waals surface area contributed by atoms with Crippen LogP contribution in [0.3, 0.4) is 0 Å². The van der Waals surface area contributed by atoms with Crippen molar-refractivity contribution in [2.45, 2.75) is 24.9 Å². The van der Waals surface area contributed by atoms with E-state index in [9.17, 15) is 23.9 Å². The second-order valence-corrected chi connectivity index (χ2v) is 10.9. The molecule has 2 aromatic heterocycles. The number of nitrogens with two attached hydrogens (primary N) is 1. The molecule has 3 aliphatic rings. The number of ether oxygens (including phenoxy) is 1. The lowest BCUT2D eigenvalue weighted by Gasteiger charge is -2.40. The molecule has 0 radical (unpaired) electrons. The van der Waals surface area contributed by atoms with Crippen molar-refractivity contribution in [2.75, 3.05) is 54.1 Å². The van der Waals surface area contributed by atoms with Crippen LogP contribution in [-0.2, 0) is 4.74 Å². The summed E-state index contributed by atoms with van der Waals surface area (Å²) < 4.78 is 36.4. The predicted molar refractivity (Wildman–Crippen MR) is 154 cm³/mol. The number of carbonyl (C=O) groups is 2. The smallest absolute Gasteiger partial charge is 0.414 e. The summed E-state index contributed by atoms with van der Waals surface area (Å²) in [7, 11) is 0. The van der Waals surface area contributed by atoms with E-state index in [1.54, 1.807) is 16.8 Å². The second kappa shape index (κ2) is 10.7. The number of aromatic carboxylic acids is 1. The monoisotopic (exact) mass is 599 g/mol. The molecule has 1 saturated carbocycles. The van der Waals surface area contributed by atoms with Gasteiger partial charge in [-0.1, -0.05) is 0 Å². The topological polar surface area (TPSA) is 146 Å². The van der Waals surface area contributed by atoms with Crippen molar-refractivity contribution in [3.8, 4) is 0 Å². The lowest BCUT2D eigenvalue weighted by atomic mass is 10.1. The molecule has 3 fully saturated rings. The van der Waals surface area contributed by atoms with Crippen molar-refractivity contribution in [1.29, 1.82) is 0 Å². The Bertz CT molecular complexity index is 1670. The molecule has 2 saturated heterocycles. The fraction of sp³-hybridized carbons (Fsp3) is 0.370. The van der Waals surface area contributed by atoms with Crippen LogP contribution in [0.1, 0.15) is 34.8 Å². The average molecular weight is 600 g/mol. The number of nitrogens with zero attached hydrogens (tertiary/aromatic N) is 5. The van der Waals surface area contributed by atoms with Crippen LogP contribution in [0.2, 0.25) is 0 Å². The van der Waals surface area contributed by atoms with Gasteiger partial charge in [-0.2, -0.15) is 0 Å². The number of anilines is 2. The van der Waals surface area contributed by atoms with Crippen LogP contribution in [-0.4, -0.2) is 77.3 Å². The highest BCUT2D eigenvalue weighted by Crippen LogP contribution is 2.42. The summed E-state index contributed by atoms with van der Waals surface area (Å²) >= 11 is 4.78. The van der Waals surface area contributed by atoms with Gasteiger partial charge in [0.15, 0.2) is 10.8 Å². The number of nitrogens with one attached hydrogen (secondary N) is 1. The van der Waals surface area contributed by atoms with Gasteiger partial charge in [0, 0.05) is 19.0 Å². The molecule has 220 valence electrons. The number of thiocarbonyl (C=S) groups is 1. The number of hydrogen-bond acceptors (Lipinski definition) is 8. The number of hydrogen-bond donors (Lipinski definition) is 3. The molecule has 0 spiro atoms. The first-order valence-electron chi connectivity index (χ1n) is 13.4. The van der Waals surface area contributed by atoms with Gasteiger partial charge in [0.25, 0.3) is 0 Å². The number of cyclic esters (lactones) is 1. The molecule has 4 N–H and O–H groups in total. The highest BCUT2D eigenvalue weighted by atomic mass is 32.1. The Labute approximate surface area is 243 Å². The van der Waals surface area contributed by atoms with Crippen molar-refractivity contribution in [2.24, 2.45) is 5.73 Å². The maximum absolute atomic E-state index is 15.4. The highest BCUT2D eigenvalue weighted by Gasteiger charge is 2.37. The number of piperazine rings is 1. The minimum absolute atomic E-state index is 0.0882. The lowest BCUT2D eigenvalue weighted by molar-refractivity contribution is 0.0693. The maximum Gasteiger partial charge on any atom is 0.414 e. The zero-order chi connectivity index (χ0) is 29.7. The summed E-state index contributed by atoms with van der Waals surface area (Å²) in [6.45, 7) is 1.90. The second-order valence-electron chi connectivity index (χ2n) is 10.4. The molecule has 3 aromatic rings. The minimum Gasteiger partial charge on any atom is -0.477 e. The number of aromatic nitrogens is 2. The summed E-state index contributed by atoms with van der Waals surface area (Å²) in [5, 5.41) is 14.5. The third-order valence-electron chi connectivity index (χ3n) is 7.67. The molecule has 1 atom stereocenters. The number of carboxylic acids is 1. The molecule has 2 aliphatic heterocycles. The molecular formula is C27H27F2N7O5S. The standard InChI is InChI=1S/C27H27F2N7O5S/c28-15-9-18-23(37)21(25(38)39)22(14-1-2-14)36(24(18)31-11-15)34-7-5-33(6-8-34)20-4-3-16(10-19(20)29)35-13-17(41-27(35)40)12-32-26(30)42/h3-4,9-11,14,17H,1-2,5-8,12-13H2,(H,38,39)(H3,30,32,42)/t17-/m0/s1. The maximum atomic E-state index is 15.4. The van der Waals surface area contributed by atoms with Gasteiger partial charge in [-0.3, -0.25) is 9.69 Å². The molecule has 15 heteroatoms. The average Bonchev–Trinajstić information content (AvgIpc) is 3.73. The van der Waals surface area contributed by atoms with Gasteiger partial charge < -0.3 is 30.8 Å². The van der Waals surface area contributed by atoms with Crippen LogP contribution in [0.15, 0.2) is 35.3 Å². The molecule has 0 bridgehead atoms. The zero-order valence-corrected chi connectivity index (χ0v) is 23.1. The Morgan fingerprint density at radius 2 is 1.90 bits per heavy atom. The molecule has 6 rings (SSSR count). The van der Waals surface area contributed by atoms with Crippen LogP contribution < -0.4 is 31.3 Å². The minimum atomic E-state index is -1.37. The Morgan fingerprint density at radius 1 is 1.17 bits per heavy atom. The molecule has 42 heavy (non-hydrogen) atoms. The third kappa shape index (κ3) is 5.04. The SMILES string of the molecule is NC(=S)NC[C@H]1CN(c2ccc(N3CCN(n4c(C5CC5)c(C(=O)O)c(=O)c5cc(F)cnc54)CC3)c(F)c2)C(=O)O1. The van der Waals surface area contributed by atoms with Crippen molar-refractivity contribution in [3.63, 3.8) is 0 Å². The normalized spacial score (nSPS) is 18.9. The molecule has 1 aliphatic carbocycles. The summed E-state index contributed by atoms with van der Waals surface area (Å²) in [5.74, 6) is -2.74. The van der Waals surface area contributed by atoms with Crippen LogP contribution in [0.4, 0.5) is 25.0 Å². The Balaban J connectivity index is 1.23. The number of benzene rings is 1. The largest absolute Gasteiger partial charge is 0.477 e. The number of carbonyl (C=O) groups excluding carboxylic acids is 1. The van der Waals surface area contributed by atoms with E-state index in [1.165, 1.54) is 11.0 Å². The Kier molecular flexibility index (Phi) is 7.04. The predicted octanol–water partition coefficient (Wildman–Crippen LogP) is 1.87. The molecule has 4 heterocycles. The first-order chi connectivity index (χ1) is 20.1. The van der Waals surface area contributed by atoms with E-state index < -0.39 is 35.2 Å². The Morgan fingerprint density at radius 3 is 2.55 bits per heavy atom. The van der Waals surface area contributed by atoms with E-state index in [0.717, 1.165) is 25.1 Å². The summed E-state index contributed by atoms with van der Waals surface area (Å²) in [6, 6.07) is 5.54. The van der Waals surface area contributed by atoms with Crippen molar-refractivity contribution < 1.29 is 28.2 Å². The molecule has 1 aromatic carbocycles. The van der Waals surface area contributed by atoms with E-state index >= 15 is 4.39 Å². The quantitative estimate of drug-likeness (QED) is 0.342. The van der Waals surface area contributed by atoms with E-state index in [4.69, 9.17) is 22.7 Å². The van der Waals surface area contributed by atoms with Crippen LogP contribution in [0.25, 0.3) is 11.0 Å². The first kappa shape index (κ1) is 27.6. The fourth-order valence-corrected chi connectivity index (χ4v) is 5.66. The number of carboxylic acid groups (broad SMARTS) is 1. The first-order valence-corrected chi connectivity index (χ1v) is 13.8. The van der Waals surface area contributed by atoms with Gasteiger partial charge in [0.1, 0.15) is 23.3 Å². The van der Waals surface area contributed by atoms with Gasteiger partial charge in [-0.05, 0) is 49.3 Å². The summed E-state index contributed by atoms with van der Waals surface area (Å²) in [4.78, 5) is 45.0. The van der Waals surface area contributed by atoms with Crippen LogP contribution >= 0.6 is 12.2 Å². The molecule has 12 nitrogen and oxygen atoms in total. The van der Waals surface area contributed by atoms with Gasteiger partial charge in [-0.25, -0.2) is 28.0 Å². The van der Waals surface area contributed by atoms with E-state index in [2.05, 4.69) is 10.3 Å². The number of halogens is 2. The lowest BCUT2D eigenvalue weighted by Crippen LogP contribution is -2.53. The molecule has 1 amide bonds. The van der Waals surface area contributed by atoms with Crippen molar-refractivity contribution in [3.05, 3.63) is 63.6 Å².